The molecule has 6 heteroatoms. The maximum absolute atomic E-state index is 5.94. The highest BCUT2D eigenvalue weighted by Gasteiger charge is 2.14. The molecule has 0 aliphatic rings. The van der Waals surface area contributed by atoms with Gasteiger partial charge in [-0.25, -0.2) is 4.98 Å². The second-order valence-corrected chi connectivity index (χ2v) is 5.29. The van der Waals surface area contributed by atoms with Crippen LogP contribution < -0.4 is 5.73 Å². The first-order valence-electron chi connectivity index (χ1n) is 5.63. The Hall–Kier alpha value is -1.07. The Balaban J connectivity index is 2.39. The summed E-state index contributed by atoms with van der Waals surface area (Å²) in [5, 5.41) is 5.04. The van der Waals surface area contributed by atoms with Crippen LogP contribution in [0, 0.1) is 0 Å². The van der Waals surface area contributed by atoms with Crippen molar-refractivity contribution in [3.63, 3.8) is 0 Å². The molecule has 2 rings (SSSR count). The molecule has 0 atom stereocenters. The Morgan fingerprint density at radius 1 is 1.50 bits per heavy atom. The average molecular weight is 330 g/mol. The zero-order valence-corrected chi connectivity index (χ0v) is 12.6. The van der Waals surface area contributed by atoms with Crippen molar-refractivity contribution in [3.8, 4) is 0 Å². The summed E-state index contributed by atoms with van der Waals surface area (Å²) in [6.45, 7) is 2.08. The van der Waals surface area contributed by atoms with Crippen LogP contribution in [-0.2, 0) is 19.9 Å². The van der Waals surface area contributed by atoms with Crippen LogP contribution >= 0.6 is 27.5 Å². The van der Waals surface area contributed by atoms with Gasteiger partial charge in [0.1, 0.15) is 5.82 Å². The first-order valence-corrected chi connectivity index (χ1v) is 6.80. The summed E-state index contributed by atoms with van der Waals surface area (Å²) in [6.07, 6.45) is 3.09. The maximum Gasteiger partial charge on any atom is 0.127 e. The molecule has 2 N–H and O–H groups in total. The molecular formula is C12H14BrClN4. The number of anilines is 1. The lowest BCUT2D eigenvalue weighted by atomic mass is 10.1. The number of aryl methyl sites for hydroxylation is 2. The van der Waals surface area contributed by atoms with E-state index in [0.717, 1.165) is 27.8 Å². The molecule has 0 saturated carbocycles. The van der Waals surface area contributed by atoms with Crippen molar-refractivity contribution in [2.75, 3.05) is 5.73 Å². The van der Waals surface area contributed by atoms with Gasteiger partial charge in [0, 0.05) is 25.2 Å². The highest BCUT2D eigenvalue weighted by Crippen LogP contribution is 2.26. The van der Waals surface area contributed by atoms with Crippen LogP contribution in [0.3, 0.4) is 0 Å². The normalized spacial score (nSPS) is 10.9. The summed E-state index contributed by atoms with van der Waals surface area (Å²) in [6, 6.07) is 1.84. The third kappa shape index (κ3) is 2.52. The fraction of sp³-hybridized carbons (Fsp3) is 0.333. The monoisotopic (exact) mass is 328 g/mol. The van der Waals surface area contributed by atoms with E-state index in [1.165, 1.54) is 0 Å². The molecule has 0 amide bonds. The van der Waals surface area contributed by atoms with E-state index in [-0.39, 0.29) is 0 Å². The Bertz CT molecular complexity index is 580. The lowest BCUT2D eigenvalue weighted by molar-refractivity contribution is 0.709. The minimum Gasteiger partial charge on any atom is -0.383 e. The van der Waals surface area contributed by atoms with Gasteiger partial charge in [0.2, 0.25) is 0 Å². The quantitative estimate of drug-likeness (QED) is 0.942. The molecule has 0 spiro atoms. The molecular weight excluding hydrogens is 316 g/mol. The highest BCUT2D eigenvalue weighted by molar-refractivity contribution is 9.10. The number of nitrogen functional groups attached to an aromatic ring is 1. The fourth-order valence-corrected chi connectivity index (χ4v) is 2.76. The van der Waals surface area contributed by atoms with Gasteiger partial charge in [-0.2, -0.15) is 5.10 Å². The highest BCUT2D eigenvalue weighted by atomic mass is 79.9. The van der Waals surface area contributed by atoms with Gasteiger partial charge >= 0.3 is 0 Å². The Kier molecular flexibility index (Phi) is 3.92. The molecule has 0 aromatic carbocycles. The van der Waals surface area contributed by atoms with E-state index in [4.69, 9.17) is 17.3 Å². The second kappa shape index (κ2) is 5.28. The molecule has 2 aromatic rings. The molecule has 0 aliphatic heterocycles. The molecule has 0 unspecified atom stereocenters. The average Bonchev–Trinajstić information content (AvgIpc) is 2.61. The Morgan fingerprint density at radius 2 is 2.22 bits per heavy atom. The maximum atomic E-state index is 5.94. The second-order valence-electron chi connectivity index (χ2n) is 4.06. The van der Waals surface area contributed by atoms with E-state index in [1.54, 1.807) is 6.20 Å². The van der Waals surface area contributed by atoms with Crippen molar-refractivity contribution in [3.05, 3.63) is 38.7 Å². The number of hydrogen-bond acceptors (Lipinski definition) is 3. The minimum atomic E-state index is 0.505. The zero-order chi connectivity index (χ0) is 13.3. The van der Waals surface area contributed by atoms with Crippen LogP contribution in [0.1, 0.15) is 23.9 Å². The fourth-order valence-electron chi connectivity index (χ4n) is 1.83. The summed E-state index contributed by atoms with van der Waals surface area (Å²) >= 11 is 9.53. The predicted octanol–water partition coefficient (Wildman–Crippen LogP) is 2.97. The number of nitrogens with zero attached hydrogens (tertiary/aromatic N) is 3. The summed E-state index contributed by atoms with van der Waals surface area (Å²) in [5.41, 5.74) is 8.89. The largest absolute Gasteiger partial charge is 0.383 e. The summed E-state index contributed by atoms with van der Waals surface area (Å²) in [5.74, 6) is 0.505. The smallest absolute Gasteiger partial charge is 0.127 e. The molecule has 0 saturated heterocycles. The number of hydrogen-bond donors (Lipinski definition) is 1. The third-order valence-corrected chi connectivity index (χ3v) is 3.95. The van der Waals surface area contributed by atoms with E-state index in [9.17, 15) is 0 Å². The van der Waals surface area contributed by atoms with Gasteiger partial charge in [0.15, 0.2) is 0 Å². The van der Waals surface area contributed by atoms with Gasteiger partial charge in [0.25, 0.3) is 0 Å². The van der Waals surface area contributed by atoms with Gasteiger partial charge in [-0.3, -0.25) is 4.68 Å². The zero-order valence-electron chi connectivity index (χ0n) is 10.2. The van der Waals surface area contributed by atoms with E-state index in [1.807, 2.05) is 17.8 Å². The molecule has 2 heterocycles. The van der Waals surface area contributed by atoms with Crippen LogP contribution in [0.25, 0.3) is 0 Å². The van der Waals surface area contributed by atoms with Gasteiger partial charge in [-0.1, -0.05) is 18.5 Å². The van der Waals surface area contributed by atoms with Crippen molar-refractivity contribution in [1.29, 1.82) is 0 Å². The number of nitrogens with two attached hydrogens (primary N) is 1. The van der Waals surface area contributed by atoms with E-state index < -0.39 is 0 Å². The minimum absolute atomic E-state index is 0.505. The molecule has 2 aromatic heterocycles. The molecule has 0 aliphatic carbocycles. The topological polar surface area (TPSA) is 56.7 Å². The van der Waals surface area contributed by atoms with E-state index in [2.05, 4.69) is 32.9 Å². The lowest BCUT2D eigenvalue weighted by Crippen LogP contribution is -2.03. The molecule has 96 valence electrons. The standard InChI is InChI=1S/C12H14BrClN4/c1-3-9-11(13)10(18(2)17-9)5-7-4-8(14)6-16-12(7)15/h4,6H,3,5H2,1-2H3,(H2,15,16). The number of halogens is 2. The van der Waals surface area contributed by atoms with E-state index >= 15 is 0 Å². The Morgan fingerprint density at radius 3 is 2.83 bits per heavy atom. The van der Waals surface area contributed by atoms with Gasteiger partial charge < -0.3 is 5.73 Å². The first kappa shape index (κ1) is 13.4. The van der Waals surface area contributed by atoms with Crippen LogP contribution in [-0.4, -0.2) is 14.8 Å². The third-order valence-electron chi connectivity index (χ3n) is 2.83. The van der Waals surface area contributed by atoms with Crippen LogP contribution in [0.2, 0.25) is 5.02 Å². The number of rotatable bonds is 3. The molecule has 0 fully saturated rings. The SMILES string of the molecule is CCc1nn(C)c(Cc2cc(Cl)cnc2N)c1Br. The van der Waals surface area contributed by atoms with Crippen LogP contribution in [0.15, 0.2) is 16.7 Å². The van der Waals surface area contributed by atoms with Gasteiger partial charge in [-0.15, -0.1) is 0 Å². The molecule has 18 heavy (non-hydrogen) atoms. The molecule has 4 nitrogen and oxygen atoms in total. The Labute approximate surface area is 119 Å². The van der Waals surface area contributed by atoms with Crippen LogP contribution in [0.4, 0.5) is 5.82 Å². The van der Waals surface area contributed by atoms with Crippen molar-refractivity contribution in [2.45, 2.75) is 19.8 Å². The van der Waals surface area contributed by atoms with Gasteiger partial charge in [-0.05, 0) is 28.4 Å². The number of aromatic nitrogens is 3. The van der Waals surface area contributed by atoms with Crippen molar-refractivity contribution in [1.82, 2.24) is 14.8 Å². The molecule has 0 bridgehead atoms. The summed E-state index contributed by atoms with van der Waals surface area (Å²) in [7, 11) is 1.92. The van der Waals surface area contributed by atoms with Crippen molar-refractivity contribution < 1.29 is 0 Å². The van der Waals surface area contributed by atoms with Crippen LogP contribution in [0.5, 0.6) is 0 Å². The van der Waals surface area contributed by atoms with Crippen molar-refractivity contribution in [2.24, 2.45) is 7.05 Å². The van der Waals surface area contributed by atoms with Crippen molar-refractivity contribution >= 4 is 33.3 Å². The first-order chi connectivity index (χ1) is 8.52. The summed E-state index contributed by atoms with van der Waals surface area (Å²) < 4.78 is 2.90. The molecule has 0 radical (unpaired) electrons. The lowest BCUT2D eigenvalue weighted by Gasteiger charge is -2.06. The van der Waals surface area contributed by atoms with E-state index in [0.29, 0.717) is 17.3 Å². The number of pyridine rings is 1. The van der Waals surface area contributed by atoms with Gasteiger partial charge in [0.05, 0.1) is 20.9 Å². The predicted molar refractivity (Wildman–Crippen MR) is 76.8 cm³/mol. The summed E-state index contributed by atoms with van der Waals surface area (Å²) in [4.78, 5) is 4.06.